The summed E-state index contributed by atoms with van der Waals surface area (Å²) in [4.78, 5) is 21.4. The van der Waals surface area contributed by atoms with Gasteiger partial charge in [0.05, 0.1) is 19.1 Å². The monoisotopic (exact) mass is 340 g/mol. The molecular weight excluding hydrogens is 304 g/mol. The van der Waals surface area contributed by atoms with Gasteiger partial charge in [-0.05, 0) is 18.9 Å². The van der Waals surface area contributed by atoms with Crippen LogP contribution in [-0.2, 0) is 14.3 Å². The molecule has 0 bridgehead atoms. The highest BCUT2D eigenvalue weighted by atomic mass is 16.5. The minimum atomic E-state index is -0.979. The van der Waals surface area contributed by atoms with Crippen molar-refractivity contribution in [3.8, 4) is 0 Å². The van der Waals surface area contributed by atoms with Crippen LogP contribution in [0.1, 0.15) is 103 Å². The lowest BCUT2D eigenvalue weighted by Gasteiger charge is -2.02. The lowest BCUT2D eigenvalue weighted by atomic mass is 10.0. The van der Waals surface area contributed by atoms with Gasteiger partial charge < -0.3 is 9.84 Å². The number of allylic oxidation sites excluding steroid dienone is 1. The van der Waals surface area contributed by atoms with Crippen molar-refractivity contribution in [2.75, 3.05) is 0 Å². The van der Waals surface area contributed by atoms with Crippen LogP contribution < -0.4 is 0 Å². The van der Waals surface area contributed by atoms with Crippen LogP contribution in [0.4, 0.5) is 0 Å². The average Bonchev–Trinajstić information content (AvgIpc) is 2.56. The first-order valence-electron chi connectivity index (χ1n) is 9.73. The number of carbonyl (C=O) groups excluding carboxylic acids is 1. The highest BCUT2D eigenvalue weighted by molar-refractivity contribution is 5.76. The standard InChI is InChI=1S/C20H36O4/c1-2-3-4-5-6-7-8-9-10-11-12-13-14-15-18-24-20(23)17-16-19(21)22/h15,18H,2-14,16-17H2,1H3,(H,21,22). The number of carbonyl (C=O) groups is 2. The molecule has 0 aromatic heterocycles. The third-order valence-corrected chi connectivity index (χ3v) is 4.06. The third kappa shape index (κ3) is 18.7. The van der Waals surface area contributed by atoms with Gasteiger partial charge in [-0.1, -0.05) is 77.6 Å². The van der Waals surface area contributed by atoms with Gasteiger partial charge in [0, 0.05) is 0 Å². The average molecular weight is 341 g/mol. The molecule has 0 radical (unpaired) electrons. The maximum atomic E-state index is 11.1. The quantitative estimate of drug-likeness (QED) is 0.200. The van der Waals surface area contributed by atoms with Crippen molar-refractivity contribution in [2.45, 2.75) is 103 Å². The highest BCUT2D eigenvalue weighted by Crippen LogP contribution is 2.12. The molecule has 140 valence electrons. The molecule has 0 amide bonds. The van der Waals surface area contributed by atoms with E-state index in [4.69, 9.17) is 9.84 Å². The number of ether oxygens (including phenoxy) is 1. The minimum Gasteiger partial charge on any atom is -0.481 e. The van der Waals surface area contributed by atoms with E-state index in [0.29, 0.717) is 0 Å². The number of unbranched alkanes of at least 4 members (excludes halogenated alkanes) is 12. The minimum absolute atomic E-state index is 0.0712. The molecule has 0 saturated carbocycles. The molecule has 0 saturated heterocycles. The molecule has 24 heavy (non-hydrogen) atoms. The summed E-state index contributed by atoms with van der Waals surface area (Å²) >= 11 is 0. The van der Waals surface area contributed by atoms with E-state index in [-0.39, 0.29) is 12.8 Å². The largest absolute Gasteiger partial charge is 0.481 e. The van der Waals surface area contributed by atoms with Crippen LogP contribution in [-0.4, -0.2) is 17.0 Å². The van der Waals surface area contributed by atoms with Crippen molar-refractivity contribution in [3.05, 3.63) is 12.3 Å². The van der Waals surface area contributed by atoms with E-state index in [1.54, 1.807) is 0 Å². The van der Waals surface area contributed by atoms with Crippen LogP contribution in [0, 0.1) is 0 Å². The highest BCUT2D eigenvalue weighted by Gasteiger charge is 2.04. The lowest BCUT2D eigenvalue weighted by molar-refractivity contribution is -0.144. The van der Waals surface area contributed by atoms with Gasteiger partial charge >= 0.3 is 11.9 Å². The van der Waals surface area contributed by atoms with Crippen LogP contribution in [0.3, 0.4) is 0 Å². The molecule has 0 aliphatic heterocycles. The number of carboxylic acid groups (broad SMARTS) is 1. The lowest BCUT2D eigenvalue weighted by Crippen LogP contribution is -2.03. The summed E-state index contributed by atoms with van der Waals surface area (Å²) in [5.74, 6) is -1.46. The molecule has 0 atom stereocenters. The summed E-state index contributed by atoms with van der Waals surface area (Å²) < 4.78 is 4.82. The molecule has 0 fully saturated rings. The van der Waals surface area contributed by atoms with Crippen molar-refractivity contribution in [1.29, 1.82) is 0 Å². The first-order chi connectivity index (χ1) is 11.7. The van der Waals surface area contributed by atoms with Gasteiger partial charge in [0.15, 0.2) is 0 Å². The Balaban J connectivity index is 3.20. The van der Waals surface area contributed by atoms with E-state index in [9.17, 15) is 9.59 Å². The van der Waals surface area contributed by atoms with E-state index in [0.717, 1.165) is 12.8 Å². The van der Waals surface area contributed by atoms with E-state index < -0.39 is 11.9 Å². The van der Waals surface area contributed by atoms with Gasteiger partial charge in [0.25, 0.3) is 0 Å². The predicted molar refractivity (Wildman–Crippen MR) is 97.8 cm³/mol. The van der Waals surface area contributed by atoms with Crippen LogP contribution in [0.2, 0.25) is 0 Å². The summed E-state index contributed by atoms with van der Waals surface area (Å²) in [6, 6.07) is 0. The Hall–Kier alpha value is -1.32. The number of aliphatic carboxylic acids is 1. The predicted octanol–water partition coefficient (Wildman–Crippen LogP) is 6.00. The molecule has 0 unspecified atom stereocenters. The second kappa shape index (κ2) is 18.0. The number of hydrogen-bond acceptors (Lipinski definition) is 3. The molecule has 4 heteroatoms. The van der Waals surface area contributed by atoms with Crippen molar-refractivity contribution < 1.29 is 19.4 Å². The molecule has 1 N–H and O–H groups in total. The second-order valence-electron chi connectivity index (χ2n) is 6.43. The summed E-state index contributed by atoms with van der Waals surface area (Å²) in [5, 5.41) is 8.44. The van der Waals surface area contributed by atoms with Crippen molar-refractivity contribution >= 4 is 11.9 Å². The van der Waals surface area contributed by atoms with E-state index in [1.165, 1.54) is 76.9 Å². The summed E-state index contributed by atoms with van der Waals surface area (Å²) in [5.41, 5.74) is 0. The van der Waals surface area contributed by atoms with Crippen molar-refractivity contribution in [2.24, 2.45) is 0 Å². The van der Waals surface area contributed by atoms with Crippen LogP contribution >= 0.6 is 0 Å². The molecule has 0 aliphatic carbocycles. The summed E-state index contributed by atoms with van der Waals surface area (Å²) in [6.45, 7) is 2.25. The fraction of sp³-hybridized carbons (Fsp3) is 0.800. The maximum absolute atomic E-state index is 11.1. The van der Waals surface area contributed by atoms with E-state index in [2.05, 4.69) is 6.92 Å². The number of rotatable bonds is 17. The fourth-order valence-electron chi connectivity index (χ4n) is 2.56. The second-order valence-corrected chi connectivity index (χ2v) is 6.43. The Morgan fingerprint density at radius 1 is 0.792 bits per heavy atom. The number of esters is 1. The van der Waals surface area contributed by atoms with Gasteiger partial charge in [0.1, 0.15) is 0 Å². The summed E-state index contributed by atoms with van der Waals surface area (Å²) in [7, 11) is 0. The summed E-state index contributed by atoms with van der Waals surface area (Å²) in [6.07, 6.45) is 19.8. The SMILES string of the molecule is CCCCCCCCCCCCCCC=COC(=O)CCC(=O)O. The molecule has 0 aromatic rings. The molecule has 0 aliphatic rings. The molecule has 0 rings (SSSR count). The Kier molecular flexibility index (Phi) is 17.0. The van der Waals surface area contributed by atoms with Gasteiger partial charge in [0.2, 0.25) is 0 Å². The molecule has 4 nitrogen and oxygen atoms in total. The number of carboxylic acids is 1. The zero-order chi connectivity index (χ0) is 17.9. The topological polar surface area (TPSA) is 63.6 Å². The first-order valence-corrected chi connectivity index (χ1v) is 9.73. The Morgan fingerprint density at radius 3 is 1.79 bits per heavy atom. The molecule has 0 spiro atoms. The van der Waals surface area contributed by atoms with Crippen molar-refractivity contribution in [3.63, 3.8) is 0 Å². The van der Waals surface area contributed by atoms with Gasteiger partial charge in [-0.3, -0.25) is 9.59 Å². The number of hydrogen-bond donors (Lipinski definition) is 1. The van der Waals surface area contributed by atoms with Crippen LogP contribution in [0.25, 0.3) is 0 Å². The smallest absolute Gasteiger partial charge is 0.311 e. The maximum Gasteiger partial charge on any atom is 0.311 e. The molecule has 0 aromatic carbocycles. The van der Waals surface area contributed by atoms with Crippen LogP contribution in [0.15, 0.2) is 12.3 Å². The molecular formula is C20H36O4. The van der Waals surface area contributed by atoms with Gasteiger partial charge in [-0.25, -0.2) is 0 Å². The fourth-order valence-corrected chi connectivity index (χ4v) is 2.56. The van der Waals surface area contributed by atoms with Crippen molar-refractivity contribution in [1.82, 2.24) is 0 Å². The zero-order valence-electron chi connectivity index (χ0n) is 15.4. The third-order valence-electron chi connectivity index (χ3n) is 4.06. The van der Waals surface area contributed by atoms with Gasteiger partial charge in [-0.15, -0.1) is 0 Å². The normalized spacial score (nSPS) is 11.0. The van der Waals surface area contributed by atoms with E-state index >= 15 is 0 Å². The van der Waals surface area contributed by atoms with E-state index in [1.807, 2.05) is 6.08 Å². The Morgan fingerprint density at radius 2 is 1.29 bits per heavy atom. The Bertz CT molecular complexity index is 337. The van der Waals surface area contributed by atoms with Gasteiger partial charge in [-0.2, -0.15) is 0 Å². The first kappa shape index (κ1) is 22.7. The zero-order valence-corrected chi connectivity index (χ0v) is 15.4. The van der Waals surface area contributed by atoms with Crippen LogP contribution in [0.5, 0.6) is 0 Å². The molecule has 0 heterocycles. The Labute approximate surface area is 147 Å².